The zero-order valence-corrected chi connectivity index (χ0v) is 14.4. The third-order valence-corrected chi connectivity index (χ3v) is 5.38. The van der Waals surface area contributed by atoms with Crippen LogP contribution in [0.1, 0.15) is 49.4 Å². The number of carbonyl (C=O) groups is 2. The number of anilines is 1. The summed E-state index contributed by atoms with van der Waals surface area (Å²) < 4.78 is 0. The molecule has 1 spiro atoms. The van der Waals surface area contributed by atoms with E-state index in [4.69, 9.17) is 0 Å². The predicted molar refractivity (Wildman–Crippen MR) is 95.3 cm³/mol. The number of nitrogens with one attached hydrogen (secondary N) is 2. The Bertz CT molecular complexity index is 600. The van der Waals surface area contributed by atoms with Crippen molar-refractivity contribution in [1.29, 1.82) is 0 Å². The van der Waals surface area contributed by atoms with Crippen LogP contribution in [0.15, 0.2) is 24.3 Å². The maximum atomic E-state index is 12.6. The molecule has 1 saturated heterocycles. The second kappa shape index (κ2) is 7.45. The molecule has 5 heteroatoms. The van der Waals surface area contributed by atoms with Crippen LogP contribution >= 0.6 is 0 Å². The number of hydrogen-bond acceptors (Lipinski definition) is 4. The van der Waals surface area contributed by atoms with E-state index in [0.717, 1.165) is 32.5 Å². The molecule has 0 radical (unpaired) electrons. The average molecular weight is 329 g/mol. The molecule has 2 aliphatic rings. The lowest BCUT2D eigenvalue weighted by molar-refractivity contribution is -0.120. The maximum Gasteiger partial charge on any atom is 0.238 e. The van der Waals surface area contributed by atoms with Crippen molar-refractivity contribution in [2.45, 2.75) is 44.6 Å². The largest absolute Gasteiger partial charge is 0.324 e. The van der Waals surface area contributed by atoms with Crippen LogP contribution in [-0.2, 0) is 4.79 Å². The first-order chi connectivity index (χ1) is 11.6. The molecule has 24 heavy (non-hydrogen) atoms. The van der Waals surface area contributed by atoms with Gasteiger partial charge in [0.1, 0.15) is 0 Å². The molecule has 130 valence electrons. The molecule has 0 aromatic heterocycles. The number of piperazine rings is 1. The Morgan fingerprint density at radius 2 is 1.96 bits per heavy atom. The summed E-state index contributed by atoms with van der Waals surface area (Å²) in [5.41, 5.74) is 1.31. The van der Waals surface area contributed by atoms with Crippen LogP contribution in [0.4, 0.5) is 5.69 Å². The first-order valence-corrected chi connectivity index (χ1v) is 8.96. The number of ketones is 1. The molecule has 1 aliphatic carbocycles. The van der Waals surface area contributed by atoms with E-state index in [1.165, 1.54) is 26.2 Å². The number of amides is 1. The molecular weight excluding hydrogens is 302 g/mol. The number of para-hydroxylation sites is 1. The quantitative estimate of drug-likeness (QED) is 0.833. The zero-order chi connectivity index (χ0) is 17.0. The minimum absolute atomic E-state index is 0.0307. The Labute approximate surface area is 143 Å². The van der Waals surface area contributed by atoms with Gasteiger partial charge in [0.25, 0.3) is 0 Å². The fraction of sp³-hybridized carbons (Fsp3) is 0.579. The van der Waals surface area contributed by atoms with Crippen molar-refractivity contribution in [3.8, 4) is 0 Å². The van der Waals surface area contributed by atoms with E-state index in [0.29, 0.717) is 17.8 Å². The first kappa shape index (κ1) is 17.1. The van der Waals surface area contributed by atoms with E-state index in [-0.39, 0.29) is 17.2 Å². The Kier molecular flexibility index (Phi) is 5.31. The number of Topliss-reactive ketones (excluding diaryl/α,β-unsaturated/α-hetero) is 1. The highest BCUT2D eigenvalue weighted by Gasteiger charge is 2.40. The number of benzene rings is 1. The number of rotatable bonds is 4. The second-order valence-corrected chi connectivity index (χ2v) is 7.03. The van der Waals surface area contributed by atoms with Crippen molar-refractivity contribution in [2.75, 3.05) is 31.5 Å². The van der Waals surface area contributed by atoms with Crippen LogP contribution in [0.5, 0.6) is 0 Å². The number of nitrogens with zero attached hydrogens (tertiary/aromatic N) is 1. The molecule has 2 fully saturated rings. The van der Waals surface area contributed by atoms with Gasteiger partial charge >= 0.3 is 0 Å². The Balaban J connectivity index is 1.68. The summed E-state index contributed by atoms with van der Waals surface area (Å²) in [7, 11) is 0. The Morgan fingerprint density at radius 3 is 2.71 bits per heavy atom. The highest BCUT2D eigenvalue weighted by atomic mass is 16.2. The van der Waals surface area contributed by atoms with Crippen molar-refractivity contribution in [3.05, 3.63) is 29.8 Å². The van der Waals surface area contributed by atoms with E-state index in [2.05, 4.69) is 15.5 Å². The van der Waals surface area contributed by atoms with E-state index in [1.54, 1.807) is 12.1 Å². The van der Waals surface area contributed by atoms with E-state index in [1.807, 2.05) is 12.1 Å². The minimum Gasteiger partial charge on any atom is -0.324 e. The molecule has 1 saturated carbocycles. The lowest BCUT2D eigenvalue weighted by Crippen LogP contribution is -2.63. The lowest BCUT2D eigenvalue weighted by Gasteiger charge is -2.49. The van der Waals surface area contributed by atoms with Crippen molar-refractivity contribution >= 4 is 17.4 Å². The van der Waals surface area contributed by atoms with Gasteiger partial charge in [-0.3, -0.25) is 14.5 Å². The van der Waals surface area contributed by atoms with E-state index >= 15 is 0 Å². The van der Waals surface area contributed by atoms with Gasteiger partial charge in [0.15, 0.2) is 5.78 Å². The van der Waals surface area contributed by atoms with Crippen molar-refractivity contribution in [2.24, 2.45) is 0 Å². The summed E-state index contributed by atoms with van der Waals surface area (Å²) >= 11 is 0. The molecule has 1 amide bonds. The molecule has 2 N–H and O–H groups in total. The van der Waals surface area contributed by atoms with E-state index < -0.39 is 0 Å². The van der Waals surface area contributed by atoms with Gasteiger partial charge in [-0.05, 0) is 31.9 Å². The van der Waals surface area contributed by atoms with E-state index in [9.17, 15) is 9.59 Å². The summed E-state index contributed by atoms with van der Waals surface area (Å²) in [6, 6.07) is 7.21. The molecule has 1 heterocycles. The fourth-order valence-corrected chi connectivity index (χ4v) is 4.10. The van der Waals surface area contributed by atoms with Gasteiger partial charge in [-0.1, -0.05) is 31.4 Å². The molecule has 0 unspecified atom stereocenters. The molecule has 3 rings (SSSR count). The minimum atomic E-state index is -0.0319. The van der Waals surface area contributed by atoms with Crippen molar-refractivity contribution < 1.29 is 9.59 Å². The molecule has 0 atom stereocenters. The van der Waals surface area contributed by atoms with Gasteiger partial charge < -0.3 is 10.6 Å². The van der Waals surface area contributed by atoms with Crippen LogP contribution in [0.2, 0.25) is 0 Å². The molecular formula is C19H27N3O2. The highest BCUT2D eigenvalue weighted by molar-refractivity contribution is 6.04. The monoisotopic (exact) mass is 329 g/mol. The maximum absolute atomic E-state index is 12.6. The van der Waals surface area contributed by atoms with Gasteiger partial charge in [-0.25, -0.2) is 0 Å². The Morgan fingerprint density at radius 1 is 1.21 bits per heavy atom. The number of hydrogen-bond donors (Lipinski definition) is 2. The molecule has 1 aromatic rings. The van der Waals surface area contributed by atoms with Crippen molar-refractivity contribution in [1.82, 2.24) is 10.2 Å². The molecule has 5 nitrogen and oxygen atoms in total. The smallest absolute Gasteiger partial charge is 0.238 e. The van der Waals surface area contributed by atoms with Gasteiger partial charge in [0.2, 0.25) is 5.91 Å². The highest BCUT2D eigenvalue weighted by Crippen LogP contribution is 2.34. The van der Waals surface area contributed by atoms with Crippen LogP contribution in [0.3, 0.4) is 0 Å². The summed E-state index contributed by atoms with van der Waals surface area (Å²) in [6.45, 7) is 4.73. The Hall–Kier alpha value is -1.72. The fourth-order valence-electron chi connectivity index (χ4n) is 4.10. The topological polar surface area (TPSA) is 61.4 Å². The summed E-state index contributed by atoms with van der Waals surface area (Å²) in [5.74, 6) is -0.0626. The third kappa shape index (κ3) is 3.68. The number of carbonyl (C=O) groups excluding carboxylic acids is 2. The molecule has 1 aliphatic heterocycles. The predicted octanol–water partition coefficient (Wildman–Crippen LogP) is 2.44. The summed E-state index contributed by atoms with van der Waals surface area (Å²) in [6.07, 6.45) is 6.11. The first-order valence-electron chi connectivity index (χ1n) is 8.96. The van der Waals surface area contributed by atoms with Gasteiger partial charge in [0.05, 0.1) is 12.2 Å². The summed E-state index contributed by atoms with van der Waals surface area (Å²) in [5, 5.41) is 6.44. The molecule has 0 bridgehead atoms. The average Bonchev–Trinajstić information content (AvgIpc) is 2.58. The third-order valence-electron chi connectivity index (χ3n) is 5.38. The van der Waals surface area contributed by atoms with Crippen LogP contribution in [0, 0.1) is 0 Å². The van der Waals surface area contributed by atoms with Crippen LogP contribution < -0.4 is 10.6 Å². The summed E-state index contributed by atoms with van der Waals surface area (Å²) in [4.78, 5) is 26.7. The lowest BCUT2D eigenvalue weighted by atomic mass is 9.79. The normalized spacial score (nSPS) is 20.7. The van der Waals surface area contributed by atoms with Crippen LogP contribution in [0.25, 0.3) is 0 Å². The van der Waals surface area contributed by atoms with Gasteiger partial charge in [-0.15, -0.1) is 0 Å². The second-order valence-electron chi connectivity index (χ2n) is 7.03. The van der Waals surface area contributed by atoms with Gasteiger partial charge in [0, 0.05) is 30.7 Å². The van der Waals surface area contributed by atoms with Crippen molar-refractivity contribution in [3.63, 3.8) is 0 Å². The van der Waals surface area contributed by atoms with Gasteiger partial charge in [-0.2, -0.15) is 0 Å². The van der Waals surface area contributed by atoms with Crippen LogP contribution in [-0.4, -0.2) is 48.3 Å². The standard InChI is InChI=1S/C19H27N3O2/c1-15(23)16-7-3-4-8-17(16)21-18(24)13-22-12-11-20-14-19(22)9-5-2-6-10-19/h3-4,7-8,20H,2,5-6,9-14H2,1H3,(H,21,24). The molecule has 1 aromatic carbocycles. The SMILES string of the molecule is CC(=O)c1ccccc1NC(=O)CN1CCNCC12CCCCC2. The zero-order valence-electron chi connectivity index (χ0n) is 14.4.